The molecule has 4 aliphatic carbocycles. The molecule has 6 rings (SSSR count). The van der Waals surface area contributed by atoms with Crippen LogP contribution in [0.2, 0.25) is 0 Å². The smallest absolute Gasteiger partial charge is 0.0923 e. The number of nitrogens with two attached hydrogens (primary N) is 1. The maximum atomic E-state index is 11.0. The zero-order valence-corrected chi connectivity index (χ0v) is 15.2. The minimum Gasteiger partial charge on any atom is -0.512 e. The van der Waals surface area contributed by atoms with Crippen LogP contribution in [0.3, 0.4) is 0 Å². The Morgan fingerprint density at radius 2 is 2.12 bits per heavy atom. The fourth-order valence-electron chi connectivity index (χ4n) is 8.02. The van der Waals surface area contributed by atoms with Crippen LogP contribution >= 0.6 is 0 Å². The number of aliphatic hydroxyl groups is 1. The highest BCUT2D eigenvalue weighted by Gasteiger charge is 2.76. The second-order valence-electron chi connectivity index (χ2n) is 9.93. The number of aliphatic hydroxyl groups excluding tert-OH is 1. The van der Waals surface area contributed by atoms with E-state index in [0.29, 0.717) is 29.6 Å². The van der Waals surface area contributed by atoms with Gasteiger partial charge in [0, 0.05) is 35.9 Å². The molecule has 2 aliphatic heterocycles. The summed E-state index contributed by atoms with van der Waals surface area (Å²) in [6.45, 7) is 3.29. The lowest BCUT2D eigenvalue weighted by Crippen LogP contribution is -2.75. The van der Waals surface area contributed by atoms with Crippen molar-refractivity contribution in [2.75, 3.05) is 19.7 Å². The Bertz CT molecular complexity index is 617. The molecule has 5 fully saturated rings. The first-order valence-electron chi connectivity index (χ1n) is 10.7. The van der Waals surface area contributed by atoms with E-state index in [-0.39, 0.29) is 17.1 Å². The lowest BCUT2D eigenvalue weighted by Gasteiger charge is -2.68. The van der Waals surface area contributed by atoms with Crippen LogP contribution < -0.4 is 5.73 Å². The van der Waals surface area contributed by atoms with Crippen molar-refractivity contribution in [1.29, 1.82) is 0 Å². The Labute approximate surface area is 150 Å². The molecule has 6 aliphatic rings. The molecule has 2 heterocycles. The van der Waals surface area contributed by atoms with Gasteiger partial charge in [-0.3, -0.25) is 4.90 Å². The molecule has 4 bridgehead atoms. The average Bonchev–Trinajstić information content (AvgIpc) is 3.36. The van der Waals surface area contributed by atoms with Gasteiger partial charge in [0.25, 0.3) is 0 Å². The minimum atomic E-state index is -0.0407. The molecular weight excluding hydrogens is 312 g/mol. The number of ether oxygens (including phenoxy) is 1. The van der Waals surface area contributed by atoms with Gasteiger partial charge in [-0.1, -0.05) is 0 Å². The number of likely N-dealkylation sites (tertiary alicyclic amines) is 1. The van der Waals surface area contributed by atoms with Gasteiger partial charge in [0.2, 0.25) is 0 Å². The highest BCUT2D eigenvalue weighted by molar-refractivity contribution is 5.30. The summed E-state index contributed by atoms with van der Waals surface area (Å²) >= 11 is 0. The van der Waals surface area contributed by atoms with Gasteiger partial charge >= 0.3 is 0 Å². The summed E-state index contributed by atoms with van der Waals surface area (Å²) in [5.74, 6) is 2.98. The zero-order valence-electron chi connectivity index (χ0n) is 15.2. The van der Waals surface area contributed by atoms with E-state index in [1.54, 1.807) is 0 Å². The van der Waals surface area contributed by atoms with Gasteiger partial charge in [-0.2, -0.15) is 0 Å². The number of fused-ring (bicyclic) bond motifs is 1. The van der Waals surface area contributed by atoms with Crippen LogP contribution in [0.4, 0.5) is 0 Å². The van der Waals surface area contributed by atoms with Gasteiger partial charge in [0.15, 0.2) is 0 Å². The number of rotatable bonds is 2. The fourth-order valence-corrected chi connectivity index (χ4v) is 8.02. The maximum Gasteiger partial charge on any atom is 0.0923 e. The summed E-state index contributed by atoms with van der Waals surface area (Å²) in [6.07, 6.45) is 11.8. The molecule has 0 spiro atoms. The monoisotopic (exact) mass is 344 g/mol. The fraction of sp³-hybridized carbons (Fsp3) is 0.905. The van der Waals surface area contributed by atoms with Crippen molar-refractivity contribution in [2.24, 2.45) is 34.8 Å². The van der Waals surface area contributed by atoms with Crippen molar-refractivity contribution >= 4 is 0 Å². The minimum absolute atomic E-state index is 0.0407. The first-order chi connectivity index (χ1) is 12.2. The summed E-state index contributed by atoms with van der Waals surface area (Å²) < 4.78 is 6.77. The molecule has 0 aromatic carbocycles. The van der Waals surface area contributed by atoms with Gasteiger partial charge in [-0.05, 0) is 75.8 Å². The van der Waals surface area contributed by atoms with Crippen LogP contribution in [0, 0.1) is 29.1 Å². The van der Waals surface area contributed by atoms with Gasteiger partial charge < -0.3 is 15.6 Å². The molecule has 138 valence electrons. The molecule has 3 saturated carbocycles. The standard InChI is InChI=1S/C21H32N2O2/c22-16-6-7-21-18-10-14-2-1-3-17(24)19(14)20(21,15(16)12-25-21)8-9-23(18)11-13-4-5-13/h3,13-16,18-19,24H,1-2,4-12,22H2. The quantitative estimate of drug-likeness (QED) is 0.809. The molecule has 7 unspecified atom stereocenters. The van der Waals surface area contributed by atoms with E-state index in [1.165, 1.54) is 45.2 Å². The van der Waals surface area contributed by atoms with Crippen molar-refractivity contribution in [2.45, 2.75) is 69.1 Å². The highest BCUT2D eigenvalue weighted by Crippen LogP contribution is 2.71. The molecule has 2 saturated heterocycles. The van der Waals surface area contributed by atoms with Crippen LogP contribution in [0.15, 0.2) is 11.8 Å². The third-order valence-corrected chi connectivity index (χ3v) is 9.08. The molecule has 4 heteroatoms. The Kier molecular flexibility index (Phi) is 3.11. The lowest BCUT2D eigenvalue weighted by molar-refractivity contribution is -0.232. The molecule has 25 heavy (non-hydrogen) atoms. The third-order valence-electron chi connectivity index (χ3n) is 9.08. The van der Waals surface area contributed by atoms with Crippen molar-refractivity contribution < 1.29 is 9.84 Å². The molecular formula is C21H32N2O2. The molecule has 0 amide bonds. The van der Waals surface area contributed by atoms with Crippen LogP contribution in [0.25, 0.3) is 0 Å². The van der Waals surface area contributed by atoms with E-state index >= 15 is 0 Å². The van der Waals surface area contributed by atoms with E-state index in [0.717, 1.165) is 31.8 Å². The highest BCUT2D eigenvalue weighted by atomic mass is 16.5. The zero-order chi connectivity index (χ0) is 16.8. The number of hydrogen-bond acceptors (Lipinski definition) is 4. The van der Waals surface area contributed by atoms with Crippen LogP contribution in [0.5, 0.6) is 0 Å². The normalized spacial score (nSPS) is 54.6. The second kappa shape index (κ2) is 5.02. The van der Waals surface area contributed by atoms with E-state index in [9.17, 15) is 5.11 Å². The number of hydrogen-bond donors (Lipinski definition) is 2. The van der Waals surface area contributed by atoms with Gasteiger partial charge in [-0.15, -0.1) is 0 Å². The lowest BCUT2D eigenvalue weighted by atomic mass is 9.41. The van der Waals surface area contributed by atoms with Crippen LogP contribution in [0.1, 0.15) is 51.4 Å². The summed E-state index contributed by atoms with van der Waals surface area (Å²) in [7, 11) is 0. The summed E-state index contributed by atoms with van der Waals surface area (Å²) in [4.78, 5) is 2.81. The number of allylic oxidation sites excluding steroid dienone is 2. The second-order valence-corrected chi connectivity index (χ2v) is 9.93. The van der Waals surface area contributed by atoms with E-state index < -0.39 is 0 Å². The molecule has 3 N–H and O–H groups in total. The largest absolute Gasteiger partial charge is 0.512 e. The predicted molar refractivity (Wildman–Crippen MR) is 96.1 cm³/mol. The first kappa shape index (κ1) is 15.5. The molecule has 7 atom stereocenters. The summed E-state index contributed by atoms with van der Waals surface area (Å²) in [5.41, 5.74) is 6.70. The molecule has 0 radical (unpaired) electrons. The SMILES string of the molecule is NC1CCC23OCC1C21CCN(CC2CC2)C3CC2CCC=C(O)C21. The number of piperidine rings is 1. The number of nitrogens with zero attached hydrogens (tertiary/aromatic N) is 1. The average molecular weight is 344 g/mol. The van der Waals surface area contributed by atoms with Gasteiger partial charge in [-0.25, -0.2) is 0 Å². The first-order valence-corrected chi connectivity index (χ1v) is 10.7. The van der Waals surface area contributed by atoms with Crippen molar-refractivity contribution in [3.05, 3.63) is 11.8 Å². The summed E-state index contributed by atoms with van der Waals surface area (Å²) in [5, 5.41) is 11.0. The van der Waals surface area contributed by atoms with Crippen LogP contribution in [-0.4, -0.2) is 47.4 Å². The Morgan fingerprint density at radius 1 is 1.24 bits per heavy atom. The Hall–Kier alpha value is -0.580. The van der Waals surface area contributed by atoms with Crippen molar-refractivity contribution in [3.8, 4) is 0 Å². The van der Waals surface area contributed by atoms with Crippen LogP contribution in [-0.2, 0) is 4.74 Å². The molecule has 4 nitrogen and oxygen atoms in total. The van der Waals surface area contributed by atoms with Gasteiger partial charge in [0.05, 0.1) is 18.0 Å². The van der Waals surface area contributed by atoms with E-state index in [2.05, 4.69) is 11.0 Å². The maximum absolute atomic E-state index is 11.0. The molecule has 0 aromatic rings. The third kappa shape index (κ3) is 1.79. The van der Waals surface area contributed by atoms with E-state index in [1.807, 2.05) is 0 Å². The molecule has 0 aromatic heterocycles. The topological polar surface area (TPSA) is 58.7 Å². The van der Waals surface area contributed by atoms with E-state index in [4.69, 9.17) is 10.5 Å². The van der Waals surface area contributed by atoms with Crippen molar-refractivity contribution in [3.63, 3.8) is 0 Å². The van der Waals surface area contributed by atoms with Gasteiger partial charge in [0.1, 0.15) is 0 Å². The summed E-state index contributed by atoms with van der Waals surface area (Å²) in [6, 6.07) is 0.811. The Balaban J connectivity index is 1.49. The predicted octanol–water partition coefficient (Wildman–Crippen LogP) is 2.84. The Morgan fingerprint density at radius 3 is 2.96 bits per heavy atom. The van der Waals surface area contributed by atoms with Crippen molar-refractivity contribution in [1.82, 2.24) is 4.90 Å².